The second-order valence-electron chi connectivity index (χ2n) is 5.89. The normalized spacial score (nSPS) is 16.3. The molecule has 0 radical (unpaired) electrons. The van der Waals surface area contributed by atoms with Gasteiger partial charge in [0.05, 0.1) is 5.69 Å². The van der Waals surface area contributed by atoms with Crippen LogP contribution in [0.25, 0.3) is 0 Å². The van der Waals surface area contributed by atoms with Crippen LogP contribution in [0.15, 0.2) is 54.2 Å². The number of fused-ring (bicyclic) bond motifs is 1. The zero-order chi connectivity index (χ0) is 14.5. The zero-order valence-corrected chi connectivity index (χ0v) is 12.5. The van der Waals surface area contributed by atoms with Crippen LogP contribution in [0.3, 0.4) is 0 Å². The van der Waals surface area contributed by atoms with Crippen LogP contribution in [-0.4, -0.2) is 0 Å². The van der Waals surface area contributed by atoms with Gasteiger partial charge < -0.3 is 0 Å². The van der Waals surface area contributed by atoms with Crippen molar-refractivity contribution in [2.45, 2.75) is 45.1 Å². The Labute approximate surface area is 127 Å². The molecule has 1 aromatic rings. The van der Waals surface area contributed by atoms with E-state index >= 15 is 0 Å². The van der Waals surface area contributed by atoms with Crippen molar-refractivity contribution in [3.05, 3.63) is 65.3 Å². The van der Waals surface area contributed by atoms with E-state index in [0.29, 0.717) is 6.61 Å². The average molecular weight is 281 g/mol. The van der Waals surface area contributed by atoms with Gasteiger partial charge in [-0.1, -0.05) is 48.1 Å². The van der Waals surface area contributed by atoms with Gasteiger partial charge in [0, 0.05) is 5.56 Å². The third-order valence-electron chi connectivity index (χ3n) is 4.19. The summed E-state index contributed by atoms with van der Waals surface area (Å²) in [5.41, 5.74) is 9.48. The third-order valence-corrected chi connectivity index (χ3v) is 4.19. The second kappa shape index (κ2) is 6.77. The van der Waals surface area contributed by atoms with Gasteiger partial charge in [0.2, 0.25) is 0 Å². The number of hydrogen-bond donors (Lipinski definition) is 1. The predicted octanol–water partition coefficient (Wildman–Crippen LogP) is 5.09. The molecule has 1 aromatic carbocycles. The number of benzene rings is 1. The molecule has 2 aliphatic rings. The minimum atomic E-state index is 0.671. The zero-order valence-electron chi connectivity index (χ0n) is 12.5. The van der Waals surface area contributed by atoms with Gasteiger partial charge in [-0.05, 0) is 50.2 Å². The van der Waals surface area contributed by atoms with E-state index in [1.54, 1.807) is 0 Å². The summed E-state index contributed by atoms with van der Waals surface area (Å²) in [6, 6.07) is 6.53. The van der Waals surface area contributed by atoms with Crippen molar-refractivity contribution < 1.29 is 4.84 Å². The first-order chi connectivity index (χ1) is 10.3. The van der Waals surface area contributed by atoms with Gasteiger partial charge in [-0.25, -0.2) is 0 Å². The molecule has 0 unspecified atom stereocenters. The summed E-state index contributed by atoms with van der Waals surface area (Å²) in [5.74, 6) is 0. The molecule has 2 nitrogen and oxygen atoms in total. The smallest absolute Gasteiger partial charge is 0.102 e. The Balaban J connectivity index is 1.45. The number of hydrogen-bond acceptors (Lipinski definition) is 2. The van der Waals surface area contributed by atoms with Gasteiger partial charge in [-0.2, -0.15) is 0 Å². The summed E-state index contributed by atoms with van der Waals surface area (Å²) >= 11 is 0. The standard InChI is InChI=1S/C19H23NO/c1-15(7-9-16-5-3-2-4-6-16)8-10-17-11-12-19-18(13-17)14-21-20-19/h3,5-6,11-13,20H,1-2,4,7-10,14H2. The first-order valence-electron chi connectivity index (χ1n) is 7.83. The molecular weight excluding hydrogens is 258 g/mol. The van der Waals surface area contributed by atoms with E-state index in [1.165, 1.54) is 35.1 Å². The highest BCUT2D eigenvalue weighted by Crippen LogP contribution is 2.25. The molecule has 21 heavy (non-hydrogen) atoms. The molecule has 0 saturated carbocycles. The summed E-state index contributed by atoms with van der Waals surface area (Å²) in [6.07, 6.45) is 13.7. The Morgan fingerprint density at radius 2 is 2.10 bits per heavy atom. The number of nitrogens with one attached hydrogen (secondary N) is 1. The van der Waals surface area contributed by atoms with Gasteiger partial charge in [0.15, 0.2) is 0 Å². The quantitative estimate of drug-likeness (QED) is 0.733. The topological polar surface area (TPSA) is 21.3 Å². The highest BCUT2D eigenvalue weighted by molar-refractivity contribution is 5.53. The lowest BCUT2D eigenvalue weighted by Crippen LogP contribution is -1.92. The maximum atomic E-state index is 5.22. The highest BCUT2D eigenvalue weighted by atomic mass is 16.6. The van der Waals surface area contributed by atoms with Gasteiger partial charge in [-0.15, -0.1) is 0 Å². The highest BCUT2D eigenvalue weighted by Gasteiger charge is 2.10. The lowest BCUT2D eigenvalue weighted by molar-refractivity contribution is 0.202. The Bertz CT molecular complexity index is 583. The SMILES string of the molecule is C=C(CCC1=CCCC=C1)CCc1ccc2c(c1)CON2. The molecule has 2 heteroatoms. The van der Waals surface area contributed by atoms with Crippen molar-refractivity contribution in [3.63, 3.8) is 0 Å². The summed E-state index contributed by atoms with van der Waals surface area (Å²) in [6.45, 7) is 4.91. The minimum absolute atomic E-state index is 0.671. The maximum absolute atomic E-state index is 5.22. The first-order valence-corrected chi connectivity index (χ1v) is 7.83. The van der Waals surface area contributed by atoms with Gasteiger partial charge in [0.1, 0.15) is 6.61 Å². The van der Waals surface area contributed by atoms with Crippen LogP contribution in [0.2, 0.25) is 0 Å². The summed E-state index contributed by atoms with van der Waals surface area (Å²) in [4.78, 5) is 5.22. The van der Waals surface area contributed by atoms with E-state index in [1.807, 2.05) is 0 Å². The fraction of sp³-hybridized carbons (Fsp3) is 0.368. The summed E-state index contributed by atoms with van der Waals surface area (Å²) in [7, 11) is 0. The molecule has 0 atom stereocenters. The fourth-order valence-corrected chi connectivity index (χ4v) is 2.83. The summed E-state index contributed by atoms with van der Waals surface area (Å²) < 4.78 is 0. The van der Waals surface area contributed by atoms with Crippen molar-refractivity contribution >= 4 is 5.69 Å². The molecule has 0 amide bonds. The van der Waals surface area contributed by atoms with E-state index in [-0.39, 0.29) is 0 Å². The Hall–Kier alpha value is -1.80. The van der Waals surface area contributed by atoms with Crippen molar-refractivity contribution in [2.24, 2.45) is 0 Å². The molecule has 0 aromatic heterocycles. The Kier molecular flexibility index (Phi) is 4.56. The molecule has 0 fully saturated rings. The molecule has 1 aliphatic heterocycles. The molecule has 1 aliphatic carbocycles. The van der Waals surface area contributed by atoms with E-state index in [0.717, 1.165) is 31.4 Å². The van der Waals surface area contributed by atoms with Crippen molar-refractivity contribution in [3.8, 4) is 0 Å². The van der Waals surface area contributed by atoms with Crippen LogP contribution in [0.5, 0.6) is 0 Å². The van der Waals surface area contributed by atoms with Crippen LogP contribution in [-0.2, 0) is 17.9 Å². The lowest BCUT2D eigenvalue weighted by Gasteiger charge is -2.09. The van der Waals surface area contributed by atoms with Crippen LogP contribution in [0.4, 0.5) is 5.69 Å². The number of anilines is 1. The molecule has 0 bridgehead atoms. The Morgan fingerprint density at radius 1 is 1.19 bits per heavy atom. The van der Waals surface area contributed by atoms with E-state index < -0.39 is 0 Å². The minimum Gasteiger partial charge on any atom is -0.271 e. The third kappa shape index (κ3) is 3.85. The molecule has 0 saturated heterocycles. The largest absolute Gasteiger partial charge is 0.271 e. The van der Waals surface area contributed by atoms with Gasteiger partial charge in [-0.3, -0.25) is 10.3 Å². The first kappa shape index (κ1) is 14.2. The summed E-state index contributed by atoms with van der Waals surface area (Å²) in [5, 5.41) is 0. The predicted molar refractivity (Wildman–Crippen MR) is 88.0 cm³/mol. The fourth-order valence-electron chi connectivity index (χ4n) is 2.83. The van der Waals surface area contributed by atoms with Crippen LogP contribution in [0, 0.1) is 0 Å². The van der Waals surface area contributed by atoms with E-state index in [4.69, 9.17) is 4.84 Å². The maximum Gasteiger partial charge on any atom is 0.102 e. The molecule has 1 N–H and O–H groups in total. The molecule has 0 spiro atoms. The van der Waals surface area contributed by atoms with Crippen molar-refractivity contribution in [1.82, 2.24) is 0 Å². The number of allylic oxidation sites excluding steroid dienone is 5. The Morgan fingerprint density at radius 3 is 2.95 bits per heavy atom. The van der Waals surface area contributed by atoms with Crippen LogP contribution in [0.1, 0.15) is 43.2 Å². The molecule has 1 heterocycles. The van der Waals surface area contributed by atoms with Crippen LogP contribution < -0.4 is 5.48 Å². The van der Waals surface area contributed by atoms with Crippen molar-refractivity contribution in [1.29, 1.82) is 0 Å². The average Bonchev–Trinajstić information content (AvgIpc) is 2.99. The van der Waals surface area contributed by atoms with Gasteiger partial charge in [0.25, 0.3) is 0 Å². The monoisotopic (exact) mass is 281 g/mol. The van der Waals surface area contributed by atoms with E-state index in [2.05, 4.69) is 48.5 Å². The number of rotatable bonds is 6. The molecule has 3 rings (SSSR count). The van der Waals surface area contributed by atoms with E-state index in [9.17, 15) is 0 Å². The van der Waals surface area contributed by atoms with Crippen LogP contribution >= 0.6 is 0 Å². The number of aryl methyl sites for hydroxylation is 1. The lowest BCUT2D eigenvalue weighted by atomic mass is 9.97. The molecule has 110 valence electrons. The van der Waals surface area contributed by atoms with Gasteiger partial charge >= 0.3 is 0 Å². The second-order valence-corrected chi connectivity index (χ2v) is 5.89. The molecular formula is C19H23NO. The van der Waals surface area contributed by atoms with Crippen molar-refractivity contribution in [2.75, 3.05) is 5.48 Å².